The molecule has 0 bridgehead atoms. The Bertz CT molecular complexity index is 136. The first-order valence-electron chi connectivity index (χ1n) is 2.24. The third-order valence-corrected chi connectivity index (χ3v) is 0.348. The summed E-state index contributed by atoms with van der Waals surface area (Å²) in [5, 5.41) is 9.49. The average Bonchev–Trinajstić information content (AvgIpc) is 1.63. The molecule has 0 saturated carbocycles. The summed E-state index contributed by atoms with van der Waals surface area (Å²) in [6.07, 6.45) is 0. The summed E-state index contributed by atoms with van der Waals surface area (Å²) >= 11 is 9.69. The van der Waals surface area contributed by atoms with E-state index in [1.165, 1.54) is 6.92 Å². The maximum Gasteiger partial charge on any atom is 0.0992 e. The second kappa shape index (κ2) is 6.65. The quantitative estimate of drug-likeness (QED) is 0.572. The van der Waals surface area contributed by atoms with Crippen molar-refractivity contribution >= 4 is 29.2 Å². The molecule has 0 radical (unpaired) electrons. The minimum Gasteiger partial charge on any atom is -0.545 e. The molecule has 0 aliphatic rings. The molecule has 0 aromatic carbocycles. The maximum atomic E-state index is 9.49. The van der Waals surface area contributed by atoms with E-state index in [4.69, 9.17) is 23.2 Å². The fraction of sp³-hybridized carbons (Fsp3) is 0.167. The summed E-state index contributed by atoms with van der Waals surface area (Å²) in [7, 11) is 0. The molecule has 0 aromatic rings. The minimum absolute atomic E-state index is 0.0648. The van der Waals surface area contributed by atoms with Crippen molar-refractivity contribution in [3.8, 4) is 0 Å². The molecule has 0 rings (SSSR count). The normalized spacial score (nSPS) is 7.10. The van der Waals surface area contributed by atoms with Gasteiger partial charge in [0.05, 0.1) is 10.5 Å². The summed E-state index contributed by atoms with van der Waals surface area (Å²) < 4.78 is 0.111. The topological polar surface area (TPSA) is 40.1 Å². The smallest absolute Gasteiger partial charge is 0.0992 e. The number of halogens is 2. The Morgan fingerprint density at radius 2 is 1.50 bits per heavy atom. The summed E-state index contributed by atoms with van der Waals surface area (Å²) in [6.45, 7) is 7.56. The minimum atomic E-state index is -1.19. The Morgan fingerprint density at radius 1 is 1.40 bits per heavy atom. The molecule has 0 fully saturated rings. The molecule has 0 atom stereocenters. The van der Waals surface area contributed by atoms with Crippen LogP contribution in [0.2, 0.25) is 0 Å². The molecule has 10 heavy (non-hydrogen) atoms. The van der Waals surface area contributed by atoms with Gasteiger partial charge in [0, 0.05) is 0 Å². The summed E-state index contributed by atoms with van der Waals surface area (Å²) in [4.78, 5) is 9.49. The zero-order valence-corrected chi connectivity index (χ0v) is 7.00. The van der Waals surface area contributed by atoms with Crippen LogP contribution in [0.4, 0.5) is 0 Å². The lowest BCUT2D eigenvalue weighted by molar-refractivity contribution is -0.299. The summed E-state index contributed by atoms with van der Waals surface area (Å²) in [5.74, 6) is -1.19. The van der Waals surface area contributed by atoms with Crippen molar-refractivity contribution in [2.75, 3.05) is 0 Å². The number of hydrogen-bond acceptors (Lipinski definition) is 2. The molecule has 4 heteroatoms. The van der Waals surface area contributed by atoms with Crippen molar-refractivity contribution in [1.82, 2.24) is 0 Å². The van der Waals surface area contributed by atoms with Gasteiger partial charge in [-0.15, -0.1) is 0 Å². The molecule has 0 N–H and O–H groups in total. The van der Waals surface area contributed by atoms with Crippen LogP contribution in [-0.2, 0) is 4.79 Å². The molecule has 0 aliphatic heterocycles. The second-order valence-corrected chi connectivity index (χ2v) is 2.51. The molecule has 0 aromatic heterocycles. The molecule has 0 saturated heterocycles. The molecule has 58 valence electrons. The number of rotatable bonds is 1. The number of carbonyl (C=O) groups excluding carboxylic acids is 1. The van der Waals surface area contributed by atoms with Gasteiger partial charge in [-0.2, -0.15) is 0 Å². The van der Waals surface area contributed by atoms with Crippen molar-refractivity contribution in [1.29, 1.82) is 0 Å². The third kappa shape index (κ3) is 25.8. The van der Waals surface area contributed by atoms with Crippen LogP contribution in [-0.4, -0.2) is 5.97 Å². The highest BCUT2D eigenvalue weighted by atomic mass is 35.5. The van der Waals surface area contributed by atoms with Crippen molar-refractivity contribution in [3.05, 3.63) is 23.2 Å². The number of aliphatic carboxylic acids is 1. The molecular weight excluding hydrogens is 175 g/mol. The van der Waals surface area contributed by atoms with Gasteiger partial charge in [-0.25, -0.2) is 0 Å². The lowest BCUT2D eigenvalue weighted by Gasteiger charge is -1.93. The Balaban J connectivity index is 0. The van der Waals surface area contributed by atoms with E-state index in [-0.39, 0.29) is 10.1 Å². The lowest BCUT2D eigenvalue weighted by atomic mass is 10.4. The zero-order chi connectivity index (χ0) is 8.73. The monoisotopic (exact) mass is 181 g/mol. The first kappa shape index (κ1) is 12.2. The van der Waals surface area contributed by atoms with Gasteiger partial charge in [0.1, 0.15) is 0 Å². The van der Waals surface area contributed by atoms with Crippen LogP contribution < -0.4 is 5.11 Å². The van der Waals surface area contributed by atoms with Gasteiger partial charge in [0.2, 0.25) is 0 Å². The van der Waals surface area contributed by atoms with Crippen molar-refractivity contribution in [2.45, 2.75) is 6.92 Å². The molecule has 0 spiro atoms. The van der Waals surface area contributed by atoms with Crippen molar-refractivity contribution in [3.63, 3.8) is 0 Å². The summed E-state index contributed by atoms with van der Waals surface area (Å²) in [5.41, 5.74) is 0.0648. The Kier molecular flexibility index (Phi) is 8.13. The highest BCUT2D eigenvalue weighted by Gasteiger charge is 1.76. The van der Waals surface area contributed by atoms with Gasteiger partial charge >= 0.3 is 0 Å². The third-order valence-electron chi connectivity index (χ3n) is 0.348. The van der Waals surface area contributed by atoms with E-state index in [0.717, 1.165) is 0 Å². The highest BCUT2D eigenvalue weighted by molar-refractivity contribution is 6.55. The largest absolute Gasteiger partial charge is 0.545 e. The van der Waals surface area contributed by atoms with E-state index in [9.17, 15) is 9.90 Å². The Morgan fingerprint density at radius 3 is 1.50 bits per heavy atom. The van der Waals surface area contributed by atoms with E-state index in [1.54, 1.807) is 0 Å². The van der Waals surface area contributed by atoms with Crippen molar-refractivity contribution in [2.24, 2.45) is 0 Å². The summed E-state index contributed by atoms with van der Waals surface area (Å²) in [6, 6.07) is 0. The number of hydrogen-bond donors (Lipinski definition) is 0. The Labute approximate surface area is 69.8 Å². The fourth-order valence-corrected chi connectivity index (χ4v) is 0. The lowest BCUT2D eigenvalue weighted by Crippen LogP contribution is -2.22. The number of carbonyl (C=O) groups is 1. The molecular formula is C6H7Cl2O2-. The zero-order valence-electron chi connectivity index (χ0n) is 5.49. The van der Waals surface area contributed by atoms with Gasteiger partial charge in [-0.1, -0.05) is 36.4 Å². The molecule has 0 aliphatic carbocycles. The van der Waals surface area contributed by atoms with Gasteiger partial charge in [-0.3, -0.25) is 0 Å². The standard InChI is InChI=1S/C4H6O2.C2H2Cl2/c1-3(2)4(5)6;1-2(3)4/h1H2,2H3,(H,5,6);1H2/p-1. The van der Waals surface area contributed by atoms with E-state index in [1.807, 2.05) is 0 Å². The molecule has 0 heterocycles. The van der Waals surface area contributed by atoms with E-state index in [0.29, 0.717) is 0 Å². The van der Waals surface area contributed by atoms with Crippen LogP contribution >= 0.6 is 23.2 Å². The first-order valence-corrected chi connectivity index (χ1v) is 3.00. The number of carboxylic acids is 1. The van der Waals surface area contributed by atoms with Gasteiger partial charge in [-0.05, 0) is 12.5 Å². The van der Waals surface area contributed by atoms with Crippen LogP contribution in [0, 0.1) is 0 Å². The maximum absolute atomic E-state index is 9.49. The SMILES string of the molecule is C=C(C)C(=O)[O-].C=C(Cl)Cl. The predicted octanol–water partition coefficient (Wildman–Crippen LogP) is 1.25. The van der Waals surface area contributed by atoms with Crippen LogP contribution in [0.15, 0.2) is 23.2 Å². The van der Waals surface area contributed by atoms with Crippen LogP contribution in [0.25, 0.3) is 0 Å². The van der Waals surface area contributed by atoms with Crippen LogP contribution in [0.3, 0.4) is 0 Å². The van der Waals surface area contributed by atoms with Gasteiger partial charge in [0.15, 0.2) is 0 Å². The van der Waals surface area contributed by atoms with Crippen LogP contribution in [0.1, 0.15) is 6.92 Å². The fourth-order valence-electron chi connectivity index (χ4n) is 0. The van der Waals surface area contributed by atoms with Crippen molar-refractivity contribution < 1.29 is 9.90 Å². The second-order valence-electron chi connectivity index (χ2n) is 1.41. The van der Waals surface area contributed by atoms with Gasteiger partial charge < -0.3 is 9.90 Å². The molecule has 2 nitrogen and oxygen atoms in total. The molecule has 0 unspecified atom stereocenters. The van der Waals surface area contributed by atoms with E-state index in [2.05, 4.69) is 13.2 Å². The predicted molar refractivity (Wildman–Crippen MR) is 40.7 cm³/mol. The van der Waals surface area contributed by atoms with E-state index >= 15 is 0 Å². The van der Waals surface area contributed by atoms with Gasteiger partial charge in [0.25, 0.3) is 0 Å². The highest BCUT2D eigenvalue weighted by Crippen LogP contribution is 1.98. The number of carboxylic acid groups (broad SMARTS) is 1. The van der Waals surface area contributed by atoms with Crippen LogP contribution in [0.5, 0.6) is 0 Å². The first-order chi connectivity index (χ1) is 4.37. The van der Waals surface area contributed by atoms with E-state index < -0.39 is 5.97 Å². The average molecular weight is 182 g/mol. The molecule has 0 amide bonds. The Hall–Kier alpha value is -0.470.